The molecule has 0 aliphatic heterocycles. The fraction of sp³-hybridized carbons (Fsp3) is 0.385. The summed E-state index contributed by atoms with van der Waals surface area (Å²) in [4.78, 5) is 13.7. The van der Waals surface area contributed by atoms with Crippen molar-refractivity contribution in [1.29, 1.82) is 0 Å². The van der Waals surface area contributed by atoms with Crippen molar-refractivity contribution in [2.45, 2.75) is 5.92 Å². The molecular weight excluding hydrogens is 246 g/mol. The molecule has 0 aliphatic carbocycles. The van der Waals surface area contributed by atoms with E-state index in [1.807, 2.05) is 42.3 Å². The predicted molar refractivity (Wildman–Crippen MR) is 77.5 cm³/mol. The van der Waals surface area contributed by atoms with Crippen LogP contribution in [0.2, 0.25) is 0 Å². The summed E-state index contributed by atoms with van der Waals surface area (Å²) >= 11 is 5.11. The van der Waals surface area contributed by atoms with E-state index in [-0.39, 0.29) is 11.8 Å². The third-order valence-electron chi connectivity index (χ3n) is 2.73. The molecule has 1 amide bonds. The molecule has 1 rings (SSSR count). The van der Waals surface area contributed by atoms with Crippen LogP contribution in [-0.4, -0.2) is 43.0 Å². The Morgan fingerprint density at radius 3 is 2.56 bits per heavy atom. The van der Waals surface area contributed by atoms with Crippen molar-refractivity contribution in [1.82, 2.24) is 10.2 Å². The Morgan fingerprint density at radius 2 is 2.06 bits per heavy atom. The number of likely N-dealkylation sites (N-methyl/N-ethyl adjacent to an activating group) is 2. The molecular formula is C13H19N3OS. The smallest absolute Gasteiger partial charge is 0.233 e. The van der Waals surface area contributed by atoms with Crippen LogP contribution in [0.5, 0.6) is 0 Å². The van der Waals surface area contributed by atoms with Gasteiger partial charge in [0.25, 0.3) is 0 Å². The SMILES string of the molecule is CNC(=O)CN(C)CC(C(N)=S)c1ccccc1. The molecule has 0 saturated carbocycles. The molecule has 1 aromatic rings. The maximum absolute atomic E-state index is 11.3. The second-order valence-corrected chi connectivity index (χ2v) is 4.71. The molecule has 5 heteroatoms. The van der Waals surface area contributed by atoms with E-state index in [2.05, 4.69) is 5.32 Å². The summed E-state index contributed by atoms with van der Waals surface area (Å²) in [6.45, 7) is 0.967. The number of nitrogens with two attached hydrogens (primary N) is 1. The fourth-order valence-electron chi connectivity index (χ4n) is 1.75. The minimum atomic E-state index is -0.0316. The average Bonchev–Trinajstić information content (AvgIpc) is 2.36. The van der Waals surface area contributed by atoms with Crippen molar-refractivity contribution in [3.63, 3.8) is 0 Å². The van der Waals surface area contributed by atoms with E-state index >= 15 is 0 Å². The van der Waals surface area contributed by atoms with Gasteiger partial charge in [-0.3, -0.25) is 9.69 Å². The van der Waals surface area contributed by atoms with Crippen LogP contribution in [0, 0.1) is 0 Å². The Hall–Kier alpha value is -1.46. The van der Waals surface area contributed by atoms with Crippen molar-refractivity contribution in [3.05, 3.63) is 35.9 Å². The van der Waals surface area contributed by atoms with Crippen LogP contribution in [0.15, 0.2) is 30.3 Å². The largest absolute Gasteiger partial charge is 0.393 e. The van der Waals surface area contributed by atoms with Gasteiger partial charge in [0, 0.05) is 19.5 Å². The number of rotatable bonds is 6. The van der Waals surface area contributed by atoms with Gasteiger partial charge in [0.1, 0.15) is 0 Å². The number of hydrogen-bond acceptors (Lipinski definition) is 3. The van der Waals surface area contributed by atoms with Gasteiger partial charge in [0.2, 0.25) is 5.91 Å². The summed E-state index contributed by atoms with van der Waals surface area (Å²) in [5.41, 5.74) is 6.86. The van der Waals surface area contributed by atoms with Gasteiger partial charge in [-0.25, -0.2) is 0 Å². The highest BCUT2D eigenvalue weighted by molar-refractivity contribution is 7.80. The summed E-state index contributed by atoms with van der Waals surface area (Å²) in [7, 11) is 3.50. The molecule has 4 nitrogen and oxygen atoms in total. The Bertz CT molecular complexity index is 408. The first-order valence-electron chi connectivity index (χ1n) is 5.78. The zero-order chi connectivity index (χ0) is 13.5. The normalized spacial score (nSPS) is 12.2. The van der Waals surface area contributed by atoms with Crippen LogP contribution >= 0.6 is 12.2 Å². The average molecular weight is 265 g/mol. The topological polar surface area (TPSA) is 58.4 Å². The molecule has 0 heterocycles. The number of nitrogens with one attached hydrogen (secondary N) is 1. The van der Waals surface area contributed by atoms with Crippen LogP contribution in [0.1, 0.15) is 11.5 Å². The van der Waals surface area contributed by atoms with Crippen LogP contribution in [-0.2, 0) is 4.79 Å². The number of carbonyl (C=O) groups excluding carboxylic acids is 1. The minimum absolute atomic E-state index is 0.0211. The minimum Gasteiger partial charge on any atom is -0.393 e. The Kier molecular flexibility index (Phi) is 5.74. The number of thiocarbonyl (C=S) groups is 1. The first-order chi connectivity index (χ1) is 8.54. The molecule has 1 unspecified atom stereocenters. The lowest BCUT2D eigenvalue weighted by molar-refractivity contribution is -0.121. The maximum Gasteiger partial charge on any atom is 0.233 e. The van der Waals surface area contributed by atoms with Crippen molar-refractivity contribution in [3.8, 4) is 0 Å². The van der Waals surface area contributed by atoms with Gasteiger partial charge in [0.05, 0.1) is 11.5 Å². The predicted octanol–water partition coefficient (Wildman–Crippen LogP) is 0.734. The summed E-state index contributed by atoms with van der Waals surface area (Å²) in [6, 6.07) is 9.86. The number of nitrogens with zero attached hydrogens (tertiary/aromatic N) is 1. The van der Waals surface area contributed by atoms with E-state index in [9.17, 15) is 4.79 Å². The van der Waals surface area contributed by atoms with E-state index in [0.29, 0.717) is 18.1 Å². The summed E-state index contributed by atoms with van der Waals surface area (Å²) in [5, 5.41) is 2.59. The van der Waals surface area contributed by atoms with Crippen molar-refractivity contribution in [2.24, 2.45) is 5.73 Å². The van der Waals surface area contributed by atoms with Gasteiger partial charge in [-0.05, 0) is 12.6 Å². The molecule has 1 aromatic carbocycles. The van der Waals surface area contributed by atoms with E-state index < -0.39 is 0 Å². The Morgan fingerprint density at radius 1 is 1.44 bits per heavy atom. The third kappa shape index (κ3) is 4.43. The van der Waals surface area contributed by atoms with E-state index in [0.717, 1.165) is 5.56 Å². The van der Waals surface area contributed by atoms with Gasteiger partial charge in [-0.1, -0.05) is 42.5 Å². The Labute approximate surface area is 113 Å². The molecule has 0 fully saturated rings. The highest BCUT2D eigenvalue weighted by Gasteiger charge is 2.17. The van der Waals surface area contributed by atoms with Crippen LogP contribution in [0.25, 0.3) is 0 Å². The molecule has 18 heavy (non-hydrogen) atoms. The second-order valence-electron chi connectivity index (χ2n) is 4.24. The van der Waals surface area contributed by atoms with Crippen LogP contribution in [0.3, 0.4) is 0 Å². The number of amides is 1. The highest BCUT2D eigenvalue weighted by atomic mass is 32.1. The molecule has 3 N–H and O–H groups in total. The van der Waals surface area contributed by atoms with Crippen molar-refractivity contribution in [2.75, 3.05) is 27.2 Å². The summed E-state index contributed by atoms with van der Waals surface area (Å²) in [6.07, 6.45) is 0. The van der Waals surface area contributed by atoms with E-state index in [1.165, 1.54) is 0 Å². The Balaban J connectivity index is 2.70. The third-order valence-corrected chi connectivity index (χ3v) is 3.02. The summed E-state index contributed by atoms with van der Waals surface area (Å²) < 4.78 is 0. The lowest BCUT2D eigenvalue weighted by atomic mass is 9.98. The molecule has 0 bridgehead atoms. The summed E-state index contributed by atoms with van der Waals surface area (Å²) in [5.74, 6) is -0.0527. The van der Waals surface area contributed by atoms with Crippen LogP contribution in [0.4, 0.5) is 0 Å². The zero-order valence-corrected chi connectivity index (χ0v) is 11.5. The maximum atomic E-state index is 11.3. The van der Waals surface area contributed by atoms with Gasteiger partial charge in [-0.15, -0.1) is 0 Å². The van der Waals surface area contributed by atoms with Crippen molar-refractivity contribution < 1.29 is 4.79 Å². The quantitative estimate of drug-likeness (QED) is 0.745. The molecule has 0 spiro atoms. The number of benzene rings is 1. The van der Waals surface area contributed by atoms with E-state index in [1.54, 1.807) is 7.05 Å². The van der Waals surface area contributed by atoms with Gasteiger partial charge in [-0.2, -0.15) is 0 Å². The lowest BCUT2D eigenvalue weighted by Crippen LogP contribution is -2.38. The molecule has 0 radical (unpaired) electrons. The van der Waals surface area contributed by atoms with Gasteiger partial charge >= 0.3 is 0 Å². The first-order valence-corrected chi connectivity index (χ1v) is 6.18. The van der Waals surface area contributed by atoms with E-state index in [4.69, 9.17) is 18.0 Å². The van der Waals surface area contributed by atoms with Crippen LogP contribution < -0.4 is 11.1 Å². The molecule has 0 saturated heterocycles. The molecule has 1 atom stereocenters. The second kappa shape index (κ2) is 7.08. The van der Waals surface area contributed by atoms with Crippen molar-refractivity contribution >= 4 is 23.1 Å². The van der Waals surface area contributed by atoms with Gasteiger partial charge in [0.15, 0.2) is 0 Å². The number of carbonyl (C=O) groups is 1. The monoisotopic (exact) mass is 265 g/mol. The molecule has 98 valence electrons. The zero-order valence-electron chi connectivity index (χ0n) is 10.7. The molecule has 0 aromatic heterocycles. The number of hydrogen-bond donors (Lipinski definition) is 2. The fourth-order valence-corrected chi connectivity index (χ4v) is 1.96. The lowest BCUT2D eigenvalue weighted by Gasteiger charge is -2.23. The highest BCUT2D eigenvalue weighted by Crippen LogP contribution is 2.16. The van der Waals surface area contributed by atoms with Gasteiger partial charge < -0.3 is 11.1 Å². The standard InChI is InChI=1S/C13H19N3OS/c1-15-12(17)9-16(2)8-11(13(14)18)10-6-4-3-5-7-10/h3-7,11H,8-9H2,1-2H3,(H2,14,18)(H,15,17). The molecule has 0 aliphatic rings. The first kappa shape index (κ1) is 14.6.